The lowest BCUT2D eigenvalue weighted by molar-refractivity contribution is 0.313. The predicted molar refractivity (Wildman–Crippen MR) is 130 cm³/mol. The highest BCUT2D eigenvalue weighted by atomic mass is 32.1. The number of nitrogens with one attached hydrogen (secondary N) is 1. The average molecular weight is 432 g/mol. The molecule has 2 fully saturated rings. The minimum Gasteiger partial charge on any atom is -0.369 e. The average Bonchev–Trinajstić information content (AvgIpc) is 3.18. The van der Waals surface area contributed by atoms with Gasteiger partial charge in [0.1, 0.15) is 16.8 Å². The number of hydrogen-bond donors (Lipinski definition) is 1. The third kappa shape index (κ3) is 4.26. The summed E-state index contributed by atoms with van der Waals surface area (Å²) in [6.45, 7) is 4.31. The maximum absolute atomic E-state index is 9.74. The number of thiophene rings is 1. The SMILES string of the molecule is CN1CCN(c2cccc(Nc3cc4c(C5CCCCC5)c(C#N)sc4cn3)c2)CC1. The molecule has 0 bridgehead atoms. The number of nitriles is 1. The van der Waals surface area contributed by atoms with E-state index in [4.69, 9.17) is 0 Å². The molecule has 3 aromatic rings. The second kappa shape index (κ2) is 8.86. The number of fused-ring (bicyclic) bond motifs is 1. The van der Waals surface area contributed by atoms with Gasteiger partial charge in [-0.15, -0.1) is 11.3 Å². The smallest absolute Gasteiger partial charge is 0.130 e. The van der Waals surface area contributed by atoms with Crippen LogP contribution in [0.3, 0.4) is 0 Å². The number of aromatic nitrogens is 1. The molecule has 1 N–H and O–H groups in total. The van der Waals surface area contributed by atoms with Gasteiger partial charge in [0.25, 0.3) is 0 Å². The van der Waals surface area contributed by atoms with Crippen LogP contribution in [0.4, 0.5) is 17.2 Å². The summed E-state index contributed by atoms with van der Waals surface area (Å²) in [6, 6.07) is 13.2. The second-order valence-corrected chi connectivity index (χ2v) is 9.88. The number of nitrogens with zero attached hydrogens (tertiary/aromatic N) is 4. The van der Waals surface area contributed by atoms with Crippen LogP contribution in [0.15, 0.2) is 36.5 Å². The van der Waals surface area contributed by atoms with Crippen LogP contribution in [0.5, 0.6) is 0 Å². The summed E-state index contributed by atoms with van der Waals surface area (Å²) in [7, 11) is 2.18. The number of benzene rings is 1. The fourth-order valence-corrected chi connectivity index (χ4v) is 6.00. The fraction of sp³-hybridized carbons (Fsp3) is 0.440. The van der Waals surface area contributed by atoms with Gasteiger partial charge >= 0.3 is 0 Å². The van der Waals surface area contributed by atoms with Gasteiger partial charge in [-0.25, -0.2) is 4.98 Å². The van der Waals surface area contributed by atoms with Crippen LogP contribution in [0.2, 0.25) is 0 Å². The van der Waals surface area contributed by atoms with Crippen molar-refractivity contribution in [2.45, 2.75) is 38.0 Å². The van der Waals surface area contributed by atoms with Crippen molar-refractivity contribution in [1.82, 2.24) is 9.88 Å². The molecule has 0 unspecified atom stereocenters. The highest BCUT2D eigenvalue weighted by molar-refractivity contribution is 7.19. The van der Waals surface area contributed by atoms with Crippen molar-refractivity contribution in [3.63, 3.8) is 0 Å². The molecule has 5 nitrogen and oxygen atoms in total. The van der Waals surface area contributed by atoms with E-state index in [-0.39, 0.29) is 0 Å². The Labute approximate surface area is 188 Å². The zero-order valence-corrected chi connectivity index (χ0v) is 18.9. The Morgan fingerprint density at radius 2 is 1.90 bits per heavy atom. The van der Waals surface area contributed by atoms with E-state index < -0.39 is 0 Å². The number of rotatable bonds is 4. The van der Waals surface area contributed by atoms with Crippen LogP contribution >= 0.6 is 11.3 Å². The predicted octanol–water partition coefficient (Wildman–Crippen LogP) is 5.71. The van der Waals surface area contributed by atoms with Crippen LogP contribution in [-0.4, -0.2) is 43.1 Å². The van der Waals surface area contributed by atoms with E-state index in [1.165, 1.54) is 48.7 Å². The molecule has 5 rings (SSSR count). The molecule has 0 atom stereocenters. The van der Waals surface area contributed by atoms with E-state index in [0.29, 0.717) is 5.92 Å². The normalized spacial score (nSPS) is 18.3. The van der Waals surface area contributed by atoms with Gasteiger partial charge in [0.05, 0.1) is 4.70 Å². The van der Waals surface area contributed by atoms with E-state index in [1.807, 2.05) is 6.20 Å². The lowest BCUT2D eigenvalue weighted by Crippen LogP contribution is -2.44. The van der Waals surface area contributed by atoms with Crippen molar-refractivity contribution in [1.29, 1.82) is 5.26 Å². The third-order valence-electron chi connectivity index (χ3n) is 6.72. The van der Waals surface area contributed by atoms with Crippen molar-refractivity contribution in [2.75, 3.05) is 43.4 Å². The molecular weight excluding hydrogens is 402 g/mol. The Bertz CT molecular complexity index is 1100. The van der Waals surface area contributed by atoms with Crippen molar-refractivity contribution < 1.29 is 0 Å². The van der Waals surface area contributed by atoms with Crippen LogP contribution in [0.1, 0.15) is 48.5 Å². The Kier molecular flexibility index (Phi) is 5.80. The molecule has 0 amide bonds. The van der Waals surface area contributed by atoms with E-state index >= 15 is 0 Å². The van der Waals surface area contributed by atoms with Crippen LogP contribution in [0, 0.1) is 11.3 Å². The lowest BCUT2D eigenvalue weighted by atomic mass is 9.83. The van der Waals surface area contributed by atoms with Crippen LogP contribution in [0.25, 0.3) is 10.1 Å². The molecule has 1 aliphatic carbocycles. The van der Waals surface area contributed by atoms with Gasteiger partial charge in [0.15, 0.2) is 0 Å². The second-order valence-electron chi connectivity index (χ2n) is 8.82. The van der Waals surface area contributed by atoms with Gasteiger partial charge in [-0.1, -0.05) is 25.3 Å². The zero-order chi connectivity index (χ0) is 21.2. The largest absolute Gasteiger partial charge is 0.369 e. The van der Waals surface area contributed by atoms with E-state index in [9.17, 15) is 5.26 Å². The van der Waals surface area contributed by atoms with Gasteiger partial charge in [-0.2, -0.15) is 5.26 Å². The zero-order valence-electron chi connectivity index (χ0n) is 18.1. The maximum atomic E-state index is 9.74. The summed E-state index contributed by atoms with van der Waals surface area (Å²) in [5.74, 6) is 1.36. The number of anilines is 3. The molecule has 1 saturated heterocycles. The van der Waals surface area contributed by atoms with Gasteiger partial charge in [-0.05, 0) is 55.6 Å². The van der Waals surface area contributed by atoms with E-state index in [2.05, 4.69) is 63.5 Å². The van der Waals surface area contributed by atoms with Crippen molar-refractivity contribution in [2.24, 2.45) is 0 Å². The number of likely N-dealkylation sites (N-methyl/N-ethyl adjacent to an activating group) is 1. The summed E-state index contributed by atoms with van der Waals surface area (Å²) < 4.78 is 1.12. The molecule has 31 heavy (non-hydrogen) atoms. The third-order valence-corrected chi connectivity index (χ3v) is 7.78. The minimum atomic E-state index is 0.507. The fourth-order valence-electron chi connectivity index (χ4n) is 4.96. The first-order valence-electron chi connectivity index (χ1n) is 11.3. The van der Waals surface area contributed by atoms with Gasteiger partial charge in [0.2, 0.25) is 0 Å². The molecule has 160 valence electrons. The first-order valence-corrected chi connectivity index (χ1v) is 12.2. The highest BCUT2D eigenvalue weighted by Crippen LogP contribution is 2.42. The Morgan fingerprint density at radius 1 is 1.10 bits per heavy atom. The Balaban J connectivity index is 1.42. The molecule has 2 aliphatic rings. The molecule has 6 heteroatoms. The number of hydrogen-bond acceptors (Lipinski definition) is 6. The van der Waals surface area contributed by atoms with E-state index in [0.717, 1.165) is 47.3 Å². The first kappa shape index (κ1) is 20.3. The van der Waals surface area contributed by atoms with Crippen LogP contribution < -0.4 is 10.2 Å². The molecule has 1 aliphatic heterocycles. The number of pyridine rings is 1. The molecule has 1 saturated carbocycles. The topological polar surface area (TPSA) is 55.2 Å². The monoisotopic (exact) mass is 431 g/mol. The highest BCUT2D eigenvalue weighted by Gasteiger charge is 2.23. The summed E-state index contributed by atoms with van der Waals surface area (Å²) >= 11 is 1.59. The lowest BCUT2D eigenvalue weighted by Gasteiger charge is -2.34. The number of piperazine rings is 1. The molecule has 1 aromatic carbocycles. The maximum Gasteiger partial charge on any atom is 0.130 e. The minimum absolute atomic E-state index is 0.507. The first-order chi connectivity index (χ1) is 15.2. The van der Waals surface area contributed by atoms with Gasteiger partial charge in [0, 0.05) is 49.1 Å². The summed E-state index contributed by atoms with van der Waals surface area (Å²) in [4.78, 5) is 10.3. The molecule has 2 aromatic heterocycles. The summed E-state index contributed by atoms with van der Waals surface area (Å²) in [5.41, 5.74) is 3.57. The van der Waals surface area contributed by atoms with E-state index in [1.54, 1.807) is 11.3 Å². The molecule has 0 radical (unpaired) electrons. The quantitative estimate of drug-likeness (QED) is 0.573. The Morgan fingerprint density at radius 3 is 2.68 bits per heavy atom. The van der Waals surface area contributed by atoms with Crippen LogP contribution in [-0.2, 0) is 0 Å². The van der Waals surface area contributed by atoms with Gasteiger partial charge in [-0.3, -0.25) is 0 Å². The van der Waals surface area contributed by atoms with Crippen molar-refractivity contribution >= 4 is 38.6 Å². The van der Waals surface area contributed by atoms with Crippen molar-refractivity contribution in [3.05, 3.63) is 47.0 Å². The molecule has 0 spiro atoms. The Hall–Kier alpha value is -2.62. The summed E-state index contributed by atoms with van der Waals surface area (Å²) in [5, 5.41) is 14.5. The standard InChI is InChI=1S/C25H29N5S/c1-29-10-12-30(13-11-29)20-9-5-8-19(14-20)28-24-15-21-23(17-27-24)31-22(16-26)25(21)18-6-3-2-4-7-18/h5,8-9,14-15,17-18H,2-4,6-7,10-13H2,1H3,(H,27,28). The van der Waals surface area contributed by atoms with Gasteiger partial charge < -0.3 is 15.1 Å². The molecule has 3 heterocycles. The van der Waals surface area contributed by atoms with Crippen molar-refractivity contribution in [3.8, 4) is 6.07 Å². The summed E-state index contributed by atoms with van der Waals surface area (Å²) in [6.07, 6.45) is 8.17. The molecular formula is C25H29N5S.